The fourth-order valence-electron chi connectivity index (χ4n) is 2.61. The van der Waals surface area contributed by atoms with E-state index in [0.717, 1.165) is 12.8 Å². The van der Waals surface area contributed by atoms with Gasteiger partial charge in [-0.1, -0.05) is 0 Å². The molecule has 5 heteroatoms. The number of hydrogen-bond acceptors (Lipinski definition) is 2. The Balaban J connectivity index is 1.97. The quantitative estimate of drug-likeness (QED) is 0.705. The van der Waals surface area contributed by atoms with E-state index in [4.69, 9.17) is 0 Å². The molecule has 3 aliphatic rings. The van der Waals surface area contributed by atoms with Crippen molar-refractivity contribution in [1.29, 1.82) is 0 Å². The highest BCUT2D eigenvalue weighted by atomic mass is 19.4. The molecule has 0 radical (unpaired) electrons. The molecule has 2 bridgehead atoms. The number of alkyl halides is 3. The third-order valence-corrected chi connectivity index (χ3v) is 3.30. The minimum atomic E-state index is -4.11. The first-order chi connectivity index (χ1) is 6.46. The molecule has 82 valence electrons. The van der Waals surface area contributed by atoms with Crippen molar-refractivity contribution < 1.29 is 18.3 Å². The molecule has 1 saturated carbocycles. The minimum Gasteiger partial charge on any atom is -0.393 e. The molecule has 2 nitrogen and oxygen atoms in total. The van der Waals surface area contributed by atoms with E-state index in [1.165, 1.54) is 4.90 Å². The monoisotopic (exact) mass is 209 g/mol. The summed E-state index contributed by atoms with van der Waals surface area (Å²) in [6.45, 7) is -0.410. The molecule has 2 saturated heterocycles. The van der Waals surface area contributed by atoms with Crippen LogP contribution in [0.3, 0.4) is 0 Å². The van der Waals surface area contributed by atoms with Crippen molar-refractivity contribution in [1.82, 2.24) is 4.90 Å². The molecule has 1 aliphatic carbocycles. The number of piperidine rings is 2. The largest absolute Gasteiger partial charge is 0.401 e. The van der Waals surface area contributed by atoms with Gasteiger partial charge in [-0.15, -0.1) is 0 Å². The fraction of sp³-hybridized carbons (Fsp3) is 1.00. The smallest absolute Gasteiger partial charge is 0.393 e. The Morgan fingerprint density at radius 3 is 2.43 bits per heavy atom. The summed E-state index contributed by atoms with van der Waals surface area (Å²) in [4.78, 5) is 1.47. The van der Waals surface area contributed by atoms with Gasteiger partial charge in [0.2, 0.25) is 0 Å². The van der Waals surface area contributed by atoms with Crippen LogP contribution >= 0.6 is 0 Å². The molecule has 1 N–H and O–H groups in total. The molecule has 3 fully saturated rings. The number of fused-ring (bicyclic) bond motifs is 3. The van der Waals surface area contributed by atoms with Crippen LogP contribution in [0.4, 0.5) is 13.2 Å². The standard InChI is InChI=1S/C9H14F3NO/c10-9(11,12)5-13-4-6-1-2-7(13)3-8(6)14/h6-8,14H,1-5H2. The first-order valence-electron chi connectivity index (χ1n) is 4.94. The van der Waals surface area contributed by atoms with Gasteiger partial charge in [-0.3, -0.25) is 4.90 Å². The van der Waals surface area contributed by atoms with Gasteiger partial charge in [-0.25, -0.2) is 0 Å². The van der Waals surface area contributed by atoms with E-state index >= 15 is 0 Å². The molecule has 3 atom stereocenters. The average molecular weight is 209 g/mol. The second-order valence-corrected chi connectivity index (χ2v) is 4.34. The van der Waals surface area contributed by atoms with E-state index < -0.39 is 12.7 Å². The van der Waals surface area contributed by atoms with Crippen LogP contribution in [0.1, 0.15) is 19.3 Å². The zero-order chi connectivity index (χ0) is 10.3. The van der Waals surface area contributed by atoms with Gasteiger partial charge >= 0.3 is 6.18 Å². The Hall–Kier alpha value is -0.290. The Bertz CT molecular complexity index is 219. The van der Waals surface area contributed by atoms with Crippen LogP contribution < -0.4 is 0 Å². The Kier molecular flexibility index (Phi) is 2.47. The van der Waals surface area contributed by atoms with E-state index in [0.29, 0.717) is 13.0 Å². The Labute approximate surface area is 80.7 Å². The predicted octanol–water partition coefficient (Wildman–Crippen LogP) is 1.39. The maximum Gasteiger partial charge on any atom is 0.401 e. The van der Waals surface area contributed by atoms with Crippen LogP contribution in [0.5, 0.6) is 0 Å². The summed E-state index contributed by atoms with van der Waals surface area (Å²) in [5.74, 6) is 0.0577. The molecule has 0 amide bonds. The molecule has 2 aliphatic heterocycles. The summed E-state index contributed by atoms with van der Waals surface area (Å²) >= 11 is 0. The van der Waals surface area contributed by atoms with Crippen LogP contribution in [0, 0.1) is 5.92 Å². The third kappa shape index (κ3) is 2.03. The SMILES string of the molecule is OC1CC2CCC1CN2CC(F)(F)F. The summed E-state index contributed by atoms with van der Waals surface area (Å²) in [6, 6.07) is -0.0587. The van der Waals surface area contributed by atoms with Gasteiger partial charge in [0.25, 0.3) is 0 Å². The number of nitrogens with zero attached hydrogens (tertiary/aromatic N) is 1. The molecule has 14 heavy (non-hydrogen) atoms. The molecule has 0 aromatic carbocycles. The summed E-state index contributed by atoms with van der Waals surface area (Å²) < 4.78 is 36.5. The summed E-state index contributed by atoms with van der Waals surface area (Å²) in [7, 11) is 0. The second-order valence-electron chi connectivity index (χ2n) is 4.34. The number of hydrogen-bond donors (Lipinski definition) is 1. The maximum absolute atomic E-state index is 12.2. The van der Waals surface area contributed by atoms with E-state index in [2.05, 4.69) is 0 Å². The number of rotatable bonds is 1. The highest BCUT2D eigenvalue weighted by Crippen LogP contribution is 2.36. The summed E-state index contributed by atoms with van der Waals surface area (Å²) in [6.07, 6.45) is -2.29. The Morgan fingerprint density at radius 2 is 2.00 bits per heavy atom. The van der Waals surface area contributed by atoms with E-state index in [9.17, 15) is 18.3 Å². The number of halogens is 3. The number of aliphatic hydroxyl groups excluding tert-OH is 1. The topological polar surface area (TPSA) is 23.5 Å². The molecule has 2 heterocycles. The van der Waals surface area contributed by atoms with E-state index in [-0.39, 0.29) is 18.1 Å². The van der Waals surface area contributed by atoms with Gasteiger partial charge in [0.05, 0.1) is 12.6 Å². The fourth-order valence-corrected chi connectivity index (χ4v) is 2.61. The van der Waals surface area contributed by atoms with Crippen molar-refractivity contribution >= 4 is 0 Å². The first kappa shape index (κ1) is 10.2. The van der Waals surface area contributed by atoms with Crippen molar-refractivity contribution in [3.05, 3.63) is 0 Å². The molecule has 0 spiro atoms. The van der Waals surface area contributed by atoms with E-state index in [1.54, 1.807) is 0 Å². The lowest BCUT2D eigenvalue weighted by atomic mass is 9.78. The molecule has 0 aromatic heterocycles. The van der Waals surface area contributed by atoms with Crippen LogP contribution in [-0.2, 0) is 0 Å². The Morgan fingerprint density at radius 1 is 1.29 bits per heavy atom. The zero-order valence-corrected chi connectivity index (χ0v) is 7.80. The predicted molar refractivity (Wildman–Crippen MR) is 44.8 cm³/mol. The molecular formula is C9H14F3NO. The second kappa shape index (κ2) is 3.38. The van der Waals surface area contributed by atoms with Crippen molar-refractivity contribution in [2.75, 3.05) is 13.1 Å². The minimum absolute atomic E-state index is 0.0577. The van der Waals surface area contributed by atoms with E-state index in [1.807, 2.05) is 0 Å². The van der Waals surface area contributed by atoms with Gasteiger partial charge in [0.1, 0.15) is 0 Å². The molecule has 3 unspecified atom stereocenters. The first-order valence-corrected chi connectivity index (χ1v) is 4.94. The summed E-state index contributed by atoms with van der Waals surface area (Å²) in [5, 5.41) is 9.51. The van der Waals surface area contributed by atoms with Crippen LogP contribution in [-0.4, -0.2) is 41.4 Å². The third-order valence-electron chi connectivity index (χ3n) is 3.30. The van der Waals surface area contributed by atoms with Gasteiger partial charge in [0, 0.05) is 12.6 Å². The van der Waals surface area contributed by atoms with Crippen molar-refractivity contribution in [3.63, 3.8) is 0 Å². The lowest BCUT2D eigenvalue weighted by Gasteiger charge is -2.47. The lowest BCUT2D eigenvalue weighted by molar-refractivity contribution is -0.169. The van der Waals surface area contributed by atoms with Crippen molar-refractivity contribution in [3.8, 4) is 0 Å². The highest BCUT2D eigenvalue weighted by molar-refractivity contribution is 4.93. The maximum atomic E-state index is 12.2. The van der Waals surface area contributed by atoms with Crippen LogP contribution in [0.25, 0.3) is 0 Å². The average Bonchev–Trinajstić information content (AvgIpc) is 2.04. The van der Waals surface area contributed by atoms with Gasteiger partial charge < -0.3 is 5.11 Å². The van der Waals surface area contributed by atoms with Crippen LogP contribution in [0.2, 0.25) is 0 Å². The van der Waals surface area contributed by atoms with Crippen LogP contribution in [0.15, 0.2) is 0 Å². The zero-order valence-electron chi connectivity index (χ0n) is 7.80. The van der Waals surface area contributed by atoms with Crippen molar-refractivity contribution in [2.24, 2.45) is 5.92 Å². The molecule has 3 rings (SSSR count). The lowest BCUT2D eigenvalue weighted by Crippen LogP contribution is -2.56. The molecule has 0 aromatic rings. The van der Waals surface area contributed by atoms with Gasteiger partial charge in [0.15, 0.2) is 0 Å². The highest BCUT2D eigenvalue weighted by Gasteiger charge is 2.43. The number of aliphatic hydroxyl groups is 1. The summed E-state index contributed by atoms with van der Waals surface area (Å²) in [5.41, 5.74) is 0. The van der Waals surface area contributed by atoms with Gasteiger partial charge in [-0.05, 0) is 25.2 Å². The normalized spacial score (nSPS) is 39.0. The van der Waals surface area contributed by atoms with Gasteiger partial charge in [-0.2, -0.15) is 13.2 Å². The van der Waals surface area contributed by atoms with Crippen molar-refractivity contribution in [2.45, 2.75) is 37.6 Å². The molecular weight excluding hydrogens is 195 g/mol.